The van der Waals surface area contributed by atoms with E-state index in [2.05, 4.69) is 32.8 Å². The van der Waals surface area contributed by atoms with E-state index in [1.807, 2.05) is 55.1 Å². The Hall–Kier alpha value is -2.87. The fraction of sp³-hybridized carbons (Fsp3) is 0.522. The Morgan fingerprint density at radius 1 is 0.839 bits per heavy atom. The highest BCUT2D eigenvalue weighted by Gasteiger charge is 2.24. The molecule has 1 aromatic carbocycles. The Bertz CT molecular complexity index is 899. The highest BCUT2D eigenvalue weighted by Crippen LogP contribution is 2.22. The third-order valence-electron chi connectivity index (χ3n) is 6.16. The number of nitrogens with zero attached hydrogens (tertiary/aromatic N) is 7. The summed E-state index contributed by atoms with van der Waals surface area (Å²) in [6.45, 7) is 8.98. The number of anilines is 3. The van der Waals surface area contributed by atoms with Crippen molar-refractivity contribution in [2.45, 2.75) is 6.92 Å². The zero-order valence-electron chi connectivity index (χ0n) is 19.1. The number of amides is 1. The van der Waals surface area contributed by atoms with Gasteiger partial charge < -0.3 is 24.5 Å². The predicted molar refractivity (Wildman–Crippen MR) is 125 cm³/mol. The van der Waals surface area contributed by atoms with Crippen LogP contribution in [-0.4, -0.2) is 99.2 Å². The topological polar surface area (TPSA) is 59.1 Å². The molecule has 0 saturated carbocycles. The molecule has 3 heterocycles. The molecular formula is C23H33N7O. The van der Waals surface area contributed by atoms with Crippen LogP contribution in [0.2, 0.25) is 0 Å². The largest absolute Gasteiger partial charge is 0.378 e. The third-order valence-corrected chi connectivity index (χ3v) is 6.16. The average Bonchev–Trinajstić information content (AvgIpc) is 2.79. The van der Waals surface area contributed by atoms with Crippen LogP contribution in [-0.2, 0) is 0 Å². The molecule has 1 amide bonds. The lowest BCUT2D eigenvalue weighted by molar-refractivity contribution is 0.0746. The summed E-state index contributed by atoms with van der Waals surface area (Å²) in [4.78, 5) is 33.2. The van der Waals surface area contributed by atoms with Crippen LogP contribution >= 0.6 is 0 Å². The molecular weight excluding hydrogens is 390 g/mol. The number of rotatable bonds is 4. The van der Waals surface area contributed by atoms with Gasteiger partial charge in [-0.3, -0.25) is 4.79 Å². The highest BCUT2D eigenvalue weighted by atomic mass is 16.2. The monoisotopic (exact) mass is 423 g/mol. The molecule has 0 atom stereocenters. The predicted octanol–water partition coefficient (Wildman–Crippen LogP) is 1.57. The van der Waals surface area contributed by atoms with Crippen LogP contribution in [0.25, 0.3) is 0 Å². The molecule has 0 bridgehead atoms. The molecule has 0 unspecified atom stereocenters. The summed E-state index contributed by atoms with van der Waals surface area (Å²) < 4.78 is 0. The second-order valence-electron chi connectivity index (χ2n) is 8.64. The Morgan fingerprint density at radius 2 is 1.35 bits per heavy atom. The number of likely N-dealkylation sites (N-methyl/N-ethyl adjacent to an activating group) is 1. The van der Waals surface area contributed by atoms with Gasteiger partial charge in [-0.2, -0.15) is 0 Å². The second-order valence-corrected chi connectivity index (χ2v) is 8.64. The van der Waals surface area contributed by atoms with Gasteiger partial charge in [-0.15, -0.1) is 0 Å². The number of hydrogen-bond acceptors (Lipinski definition) is 7. The maximum atomic E-state index is 12.9. The minimum Gasteiger partial charge on any atom is -0.378 e. The third kappa shape index (κ3) is 4.90. The van der Waals surface area contributed by atoms with Gasteiger partial charge in [-0.05, 0) is 38.2 Å². The molecule has 2 aliphatic rings. The van der Waals surface area contributed by atoms with Crippen molar-refractivity contribution in [1.29, 1.82) is 0 Å². The maximum absolute atomic E-state index is 12.9. The van der Waals surface area contributed by atoms with Crippen LogP contribution in [0.1, 0.15) is 16.2 Å². The lowest BCUT2D eigenvalue weighted by atomic mass is 10.1. The summed E-state index contributed by atoms with van der Waals surface area (Å²) in [5.41, 5.74) is 1.84. The van der Waals surface area contributed by atoms with Crippen molar-refractivity contribution in [2.75, 3.05) is 88.2 Å². The molecule has 0 spiro atoms. The van der Waals surface area contributed by atoms with Crippen LogP contribution in [0.3, 0.4) is 0 Å². The summed E-state index contributed by atoms with van der Waals surface area (Å²) in [5.74, 6) is 2.87. The number of piperazine rings is 2. The first-order valence-corrected chi connectivity index (χ1v) is 11.0. The van der Waals surface area contributed by atoms with Gasteiger partial charge in [0.1, 0.15) is 17.5 Å². The zero-order chi connectivity index (χ0) is 22.0. The van der Waals surface area contributed by atoms with Crippen LogP contribution in [0.4, 0.5) is 17.3 Å². The molecule has 1 aromatic heterocycles. The van der Waals surface area contributed by atoms with Crippen LogP contribution < -0.4 is 14.7 Å². The SMILES string of the molecule is Cc1nc(N2CCN(C)CC2)cc(N2CCN(C(=O)c3ccc(N(C)C)cc3)CC2)n1. The van der Waals surface area contributed by atoms with E-state index in [1.54, 1.807) is 0 Å². The summed E-state index contributed by atoms with van der Waals surface area (Å²) in [6, 6.07) is 9.93. The van der Waals surface area contributed by atoms with Gasteiger partial charge in [0.25, 0.3) is 5.91 Å². The second kappa shape index (κ2) is 9.09. The fourth-order valence-corrected chi connectivity index (χ4v) is 4.12. The van der Waals surface area contributed by atoms with E-state index in [-0.39, 0.29) is 5.91 Å². The molecule has 4 rings (SSSR count). The van der Waals surface area contributed by atoms with Crippen LogP contribution in [0.15, 0.2) is 30.3 Å². The first-order chi connectivity index (χ1) is 14.9. The van der Waals surface area contributed by atoms with Crippen molar-refractivity contribution in [3.8, 4) is 0 Å². The first kappa shape index (κ1) is 21.4. The Morgan fingerprint density at radius 3 is 1.87 bits per heavy atom. The summed E-state index contributed by atoms with van der Waals surface area (Å²) >= 11 is 0. The van der Waals surface area contributed by atoms with Crippen molar-refractivity contribution in [1.82, 2.24) is 19.8 Å². The van der Waals surface area contributed by atoms with Crippen molar-refractivity contribution < 1.29 is 4.79 Å². The van der Waals surface area contributed by atoms with Gasteiger partial charge in [-0.1, -0.05) is 0 Å². The molecule has 2 aromatic rings. The number of aromatic nitrogens is 2. The van der Waals surface area contributed by atoms with Gasteiger partial charge >= 0.3 is 0 Å². The van der Waals surface area contributed by atoms with Crippen molar-refractivity contribution in [3.05, 3.63) is 41.7 Å². The lowest BCUT2D eigenvalue weighted by Gasteiger charge is -2.37. The minimum atomic E-state index is 0.0990. The molecule has 31 heavy (non-hydrogen) atoms. The number of benzene rings is 1. The van der Waals surface area contributed by atoms with Crippen LogP contribution in [0, 0.1) is 6.92 Å². The molecule has 0 aliphatic carbocycles. The van der Waals surface area contributed by atoms with E-state index in [0.717, 1.165) is 68.0 Å². The van der Waals surface area contributed by atoms with E-state index in [9.17, 15) is 4.79 Å². The molecule has 8 heteroatoms. The van der Waals surface area contributed by atoms with Gasteiger partial charge in [0, 0.05) is 83.8 Å². The Kier molecular flexibility index (Phi) is 6.27. The van der Waals surface area contributed by atoms with Gasteiger partial charge in [-0.25, -0.2) is 9.97 Å². The van der Waals surface area contributed by atoms with Crippen molar-refractivity contribution in [3.63, 3.8) is 0 Å². The Labute approximate surface area is 185 Å². The van der Waals surface area contributed by atoms with Crippen molar-refractivity contribution in [2.24, 2.45) is 0 Å². The minimum absolute atomic E-state index is 0.0990. The molecule has 166 valence electrons. The van der Waals surface area contributed by atoms with Crippen molar-refractivity contribution >= 4 is 23.2 Å². The quantitative estimate of drug-likeness (QED) is 0.740. The molecule has 2 aliphatic heterocycles. The van der Waals surface area contributed by atoms with E-state index in [4.69, 9.17) is 4.98 Å². The van der Waals surface area contributed by atoms with Gasteiger partial charge in [0.05, 0.1) is 0 Å². The van der Waals surface area contributed by atoms with E-state index in [1.165, 1.54) is 0 Å². The summed E-state index contributed by atoms with van der Waals surface area (Å²) in [7, 11) is 6.16. The van der Waals surface area contributed by atoms with Gasteiger partial charge in [0.2, 0.25) is 0 Å². The zero-order valence-corrected chi connectivity index (χ0v) is 19.1. The molecule has 2 saturated heterocycles. The van der Waals surface area contributed by atoms with E-state index < -0.39 is 0 Å². The summed E-state index contributed by atoms with van der Waals surface area (Å²) in [5, 5.41) is 0. The van der Waals surface area contributed by atoms with E-state index >= 15 is 0 Å². The maximum Gasteiger partial charge on any atom is 0.253 e. The first-order valence-electron chi connectivity index (χ1n) is 11.0. The van der Waals surface area contributed by atoms with Crippen LogP contribution in [0.5, 0.6) is 0 Å². The molecule has 2 fully saturated rings. The number of carbonyl (C=O) groups is 1. The molecule has 0 radical (unpaired) electrons. The normalized spacial score (nSPS) is 17.7. The molecule has 0 N–H and O–H groups in total. The summed E-state index contributed by atoms with van der Waals surface area (Å²) in [6.07, 6.45) is 0. The lowest BCUT2D eigenvalue weighted by Crippen LogP contribution is -2.49. The average molecular weight is 424 g/mol. The fourth-order valence-electron chi connectivity index (χ4n) is 4.12. The standard InChI is InChI=1S/C23H33N7O/c1-18-24-21(28-11-9-27(4)10-12-28)17-22(25-18)29-13-15-30(16-14-29)23(31)19-5-7-20(8-6-19)26(2)3/h5-8,17H,9-16H2,1-4H3. The number of hydrogen-bond donors (Lipinski definition) is 0. The molecule has 8 nitrogen and oxygen atoms in total. The highest BCUT2D eigenvalue weighted by molar-refractivity contribution is 5.94. The number of aryl methyl sites for hydroxylation is 1. The van der Waals surface area contributed by atoms with E-state index in [0.29, 0.717) is 13.1 Å². The smallest absolute Gasteiger partial charge is 0.253 e. The van der Waals surface area contributed by atoms with Gasteiger partial charge in [0.15, 0.2) is 0 Å². The number of carbonyl (C=O) groups excluding carboxylic acids is 1. The Balaban J connectivity index is 1.40.